The third-order valence-corrected chi connectivity index (χ3v) is 7.57. The molecule has 4 aromatic rings. The van der Waals surface area contributed by atoms with Gasteiger partial charge in [0.25, 0.3) is 5.91 Å². The summed E-state index contributed by atoms with van der Waals surface area (Å²) in [6, 6.07) is 18.3. The second kappa shape index (κ2) is 8.70. The van der Waals surface area contributed by atoms with Gasteiger partial charge in [0, 0.05) is 16.0 Å². The first-order valence-corrected chi connectivity index (χ1v) is 12.1. The number of benzene rings is 2. The summed E-state index contributed by atoms with van der Waals surface area (Å²) in [6.45, 7) is 8.52. The number of fused-ring (bicyclic) bond motifs is 1. The molecule has 7 heteroatoms. The van der Waals surface area contributed by atoms with Crippen molar-refractivity contribution in [3.63, 3.8) is 0 Å². The molecule has 1 N–H and O–H groups in total. The number of nitrogens with one attached hydrogen (secondary N) is 1. The molecule has 1 aliphatic heterocycles. The maximum absolute atomic E-state index is 13.3. The van der Waals surface area contributed by atoms with Gasteiger partial charge in [0.05, 0.1) is 42.4 Å². The first-order valence-electron chi connectivity index (χ1n) is 10.9. The Morgan fingerprint density at radius 2 is 1.81 bits per heavy atom. The average molecular weight is 466 g/mol. The first-order chi connectivity index (χ1) is 15.5. The first kappa shape index (κ1) is 21.2. The molecule has 32 heavy (non-hydrogen) atoms. The highest BCUT2D eigenvalue weighted by atomic mass is 35.5. The van der Waals surface area contributed by atoms with Crippen LogP contribution >= 0.6 is 22.9 Å². The van der Waals surface area contributed by atoms with Crippen LogP contribution in [-0.4, -0.2) is 46.8 Å². The minimum Gasteiger partial charge on any atom is -0.328 e. The highest BCUT2D eigenvalue weighted by Gasteiger charge is 2.27. The number of quaternary nitrogens is 1. The second-order valence-corrected chi connectivity index (χ2v) is 9.93. The number of halogens is 1. The summed E-state index contributed by atoms with van der Waals surface area (Å²) in [6.07, 6.45) is 0. The van der Waals surface area contributed by atoms with Crippen LogP contribution in [-0.2, 0) is 6.54 Å². The molecule has 1 fully saturated rings. The SMILES string of the molecule is Cc1ccccc1-n1nc(C)c2cc(C(=O)N3CC[NH+](Cc4ccc(Cl)cc4)CC3)sc21. The summed E-state index contributed by atoms with van der Waals surface area (Å²) >= 11 is 7.54. The van der Waals surface area contributed by atoms with Crippen molar-refractivity contribution in [2.45, 2.75) is 20.4 Å². The van der Waals surface area contributed by atoms with Gasteiger partial charge in [-0.25, -0.2) is 4.68 Å². The lowest BCUT2D eigenvalue weighted by Crippen LogP contribution is -3.13. The number of carbonyl (C=O) groups is 1. The van der Waals surface area contributed by atoms with Crippen LogP contribution < -0.4 is 4.90 Å². The number of amides is 1. The van der Waals surface area contributed by atoms with E-state index in [9.17, 15) is 4.79 Å². The standard InChI is InChI=1S/C25H25ClN4OS/c1-17-5-3-4-6-22(17)30-25-21(18(2)27-30)15-23(32-25)24(31)29-13-11-28(12-14-29)16-19-7-9-20(26)10-8-19/h3-10,15H,11-14,16H2,1-2H3/p+1. The number of aromatic nitrogens is 2. The van der Waals surface area contributed by atoms with Crippen LogP contribution in [0.1, 0.15) is 26.5 Å². The number of hydrogen-bond acceptors (Lipinski definition) is 3. The Morgan fingerprint density at radius 3 is 2.53 bits per heavy atom. The molecule has 0 spiro atoms. The van der Waals surface area contributed by atoms with Crippen molar-refractivity contribution < 1.29 is 9.69 Å². The molecule has 0 saturated carbocycles. The largest absolute Gasteiger partial charge is 0.328 e. The molecule has 0 aliphatic carbocycles. The number of thiophene rings is 1. The van der Waals surface area contributed by atoms with Crippen molar-refractivity contribution in [3.05, 3.63) is 81.3 Å². The highest BCUT2D eigenvalue weighted by molar-refractivity contribution is 7.20. The lowest BCUT2D eigenvalue weighted by Gasteiger charge is -2.32. The molecule has 2 aromatic carbocycles. The molecule has 164 valence electrons. The molecule has 0 atom stereocenters. The van der Waals surface area contributed by atoms with Crippen molar-refractivity contribution in [1.82, 2.24) is 14.7 Å². The van der Waals surface area contributed by atoms with E-state index >= 15 is 0 Å². The number of para-hydroxylation sites is 1. The van der Waals surface area contributed by atoms with E-state index in [1.807, 2.05) is 46.8 Å². The Balaban J connectivity index is 1.31. The van der Waals surface area contributed by atoms with E-state index in [1.165, 1.54) is 10.5 Å². The second-order valence-electron chi connectivity index (χ2n) is 8.46. The smallest absolute Gasteiger partial charge is 0.264 e. The minimum absolute atomic E-state index is 0.132. The van der Waals surface area contributed by atoms with Crippen LogP contribution in [0.5, 0.6) is 0 Å². The van der Waals surface area contributed by atoms with Gasteiger partial charge in [-0.15, -0.1) is 11.3 Å². The van der Waals surface area contributed by atoms with Gasteiger partial charge < -0.3 is 9.80 Å². The van der Waals surface area contributed by atoms with Gasteiger partial charge in [-0.3, -0.25) is 4.79 Å². The van der Waals surface area contributed by atoms with E-state index in [0.29, 0.717) is 0 Å². The van der Waals surface area contributed by atoms with Crippen molar-refractivity contribution in [2.24, 2.45) is 0 Å². The van der Waals surface area contributed by atoms with Crippen molar-refractivity contribution in [1.29, 1.82) is 0 Å². The molecule has 5 nitrogen and oxygen atoms in total. The molecule has 0 radical (unpaired) electrons. The molecule has 1 aliphatic rings. The average Bonchev–Trinajstić information content (AvgIpc) is 3.36. The molecule has 0 bridgehead atoms. The molecule has 1 amide bonds. The maximum Gasteiger partial charge on any atom is 0.264 e. The number of piperazine rings is 1. The zero-order valence-electron chi connectivity index (χ0n) is 18.3. The van der Waals surface area contributed by atoms with E-state index in [2.05, 4.69) is 31.2 Å². The van der Waals surface area contributed by atoms with E-state index in [1.54, 1.807) is 11.3 Å². The maximum atomic E-state index is 13.3. The number of rotatable bonds is 4. The Labute approximate surface area is 196 Å². The van der Waals surface area contributed by atoms with E-state index < -0.39 is 0 Å². The molecule has 3 heterocycles. The van der Waals surface area contributed by atoms with Crippen LogP contribution in [0.25, 0.3) is 15.9 Å². The zero-order valence-corrected chi connectivity index (χ0v) is 19.8. The van der Waals surface area contributed by atoms with Gasteiger partial charge in [-0.1, -0.05) is 41.9 Å². The molecular formula is C25H26ClN4OS+. The Morgan fingerprint density at radius 1 is 1.09 bits per heavy atom. The van der Waals surface area contributed by atoms with Crippen molar-refractivity contribution >= 4 is 39.1 Å². The fourth-order valence-corrected chi connectivity index (χ4v) is 5.64. The van der Waals surface area contributed by atoms with Crippen LogP contribution in [0.2, 0.25) is 5.02 Å². The third kappa shape index (κ3) is 4.06. The van der Waals surface area contributed by atoms with E-state index in [4.69, 9.17) is 16.7 Å². The third-order valence-electron chi connectivity index (χ3n) is 6.22. The van der Waals surface area contributed by atoms with Crippen LogP contribution in [0.15, 0.2) is 54.6 Å². The molecule has 2 aromatic heterocycles. The van der Waals surface area contributed by atoms with Crippen LogP contribution in [0, 0.1) is 13.8 Å². The van der Waals surface area contributed by atoms with Gasteiger partial charge in [-0.2, -0.15) is 5.10 Å². The fourth-order valence-electron chi connectivity index (χ4n) is 4.37. The van der Waals surface area contributed by atoms with Crippen molar-refractivity contribution in [2.75, 3.05) is 26.2 Å². The summed E-state index contributed by atoms with van der Waals surface area (Å²) in [5.41, 5.74) is 4.46. The lowest BCUT2D eigenvalue weighted by atomic mass is 10.2. The summed E-state index contributed by atoms with van der Waals surface area (Å²) in [5, 5.41) is 6.57. The van der Waals surface area contributed by atoms with Gasteiger partial charge in [-0.05, 0) is 43.7 Å². The van der Waals surface area contributed by atoms with E-state index in [0.717, 1.165) is 69.8 Å². The summed E-state index contributed by atoms with van der Waals surface area (Å²) in [5.74, 6) is 0.132. The number of aryl methyl sites for hydroxylation is 2. The Bertz CT molecular complexity index is 1270. The number of hydrogen-bond donors (Lipinski definition) is 1. The lowest BCUT2D eigenvalue weighted by molar-refractivity contribution is -0.917. The quantitative estimate of drug-likeness (QED) is 0.496. The van der Waals surface area contributed by atoms with E-state index in [-0.39, 0.29) is 5.91 Å². The molecular weight excluding hydrogens is 440 g/mol. The normalized spacial score (nSPS) is 14.9. The topological polar surface area (TPSA) is 42.6 Å². The predicted octanol–water partition coefficient (Wildman–Crippen LogP) is 3.90. The number of nitrogens with zero attached hydrogens (tertiary/aromatic N) is 3. The highest BCUT2D eigenvalue weighted by Crippen LogP contribution is 2.31. The predicted molar refractivity (Wildman–Crippen MR) is 130 cm³/mol. The zero-order chi connectivity index (χ0) is 22.2. The molecule has 1 saturated heterocycles. The molecule has 5 rings (SSSR count). The fraction of sp³-hybridized carbons (Fsp3) is 0.280. The monoisotopic (exact) mass is 465 g/mol. The van der Waals surface area contributed by atoms with Gasteiger partial charge in [0.2, 0.25) is 0 Å². The van der Waals surface area contributed by atoms with Crippen molar-refractivity contribution in [3.8, 4) is 5.69 Å². The summed E-state index contributed by atoms with van der Waals surface area (Å²) in [7, 11) is 0. The van der Waals surface area contributed by atoms with Gasteiger partial charge in [0.1, 0.15) is 11.4 Å². The Hall–Kier alpha value is -2.67. The minimum atomic E-state index is 0.132. The number of carbonyl (C=O) groups excluding carboxylic acids is 1. The van der Waals surface area contributed by atoms with Crippen LogP contribution in [0.3, 0.4) is 0 Å². The van der Waals surface area contributed by atoms with Crippen LogP contribution in [0.4, 0.5) is 0 Å². The molecule has 0 unspecified atom stereocenters. The summed E-state index contributed by atoms with van der Waals surface area (Å²) in [4.78, 5) is 18.6. The summed E-state index contributed by atoms with van der Waals surface area (Å²) < 4.78 is 1.98. The van der Waals surface area contributed by atoms with Gasteiger partial charge in [0.15, 0.2) is 0 Å². The van der Waals surface area contributed by atoms with Gasteiger partial charge >= 0.3 is 0 Å². The Kier molecular flexibility index (Phi) is 5.76.